The van der Waals surface area contributed by atoms with Crippen LogP contribution in [0.25, 0.3) is 0 Å². The fraction of sp³-hybridized carbons (Fsp3) is 0.381. The molecule has 1 heterocycles. The highest BCUT2D eigenvalue weighted by molar-refractivity contribution is 5.99. The average Bonchev–Trinajstić information content (AvgIpc) is 2.76. The number of methoxy groups -OCH3 is 1. The molecule has 1 fully saturated rings. The average molecular weight is 416 g/mol. The number of ether oxygens (including phenoxy) is 2. The van der Waals surface area contributed by atoms with Crippen molar-refractivity contribution in [3.05, 3.63) is 63.7 Å². The maximum atomic E-state index is 13.0. The van der Waals surface area contributed by atoms with E-state index < -0.39 is 22.6 Å². The molecular formula is C21H24N2O7. The lowest BCUT2D eigenvalue weighted by atomic mass is 9.96. The zero-order chi connectivity index (χ0) is 21.7. The normalized spacial score (nSPS) is 18.7. The summed E-state index contributed by atoms with van der Waals surface area (Å²) < 4.78 is 11.0. The number of carbonyl (C=O) groups is 1. The van der Waals surface area contributed by atoms with Crippen molar-refractivity contribution in [2.75, 3.05) is 26.8 Å². The lowest BCUT2D eigenvalue weighted by Gasteiger charge is -2.34. The Labute approximate surface area is 173 Å². The number of nitro groups is 1. The van der Waals surface area contributed by atoms with E-state index >= 15 is 0 Å². The SMILES string of the molecule is COc1cc(C(=O)N2CC(O)C[C@@H](CO)C2)c([N+](=O)[O-])cc1OCc1ccccc1. The van der Waals surface area contributed by atoms with Crippen molar-refractivity contribution in [1.29, 1.82) is 0 Å². The molecule has 1 saturated heterocycles. The van der Waals surface area contributed by atoms with Gasteiger partial charge in [-0.1, -0.05) is 30.3 Å². The third-order valence-corrected chi connectivity index (χ3v) is 5.01. The predicted octanol–water partition coefficient (Wildman–Crippen LogP) is 2.00. The van der Waals surface area contributed by atoms with Gasteiger partial charge in [-0.3, -0.25) is 14.9 Å². The third-order valence-electron chi connectivity index (χ3n) is 5.01. The van der Waals surface area contributed by atoms with Crippen LogP contribution in [0.3, 0.4) is 0 Å². The van der Waals surface area contributed by atoms with Gasteiger partial charge in [0, 0.05) is 31.7 Å². The first-order valence-electron chi connectivity index (χ1n) is 9.54. The lowest BCUT2D eigenvalue weighted by molar-refractivity contribution is -0.385. The van der Waals surface area contributed by atoms with Crippen molar-refractivity contribution >= 4 is 11.6 Å². The molecule has 2 aromatic rings. The van der Waals surface area contributed by atoms with Crippen molar-refractivity contribution in [1.82, 2.24) is 4.90 Å². The molecule has 0 aliphatic carbocycles. The second-order valence-electron chi connectivity index (χ2n) is 7.20. The minimum Gasteiger partial charge on any atom is -0.493 e. The molecule has 9 nitrogen and oxygen atoms in total. The number of rotatable bonds is 7. The minimum atomic E-state index is -0.797. The smallest absolute Gasteiger partial charge is 0.286 e. The molecule has 30 heavy (non-hydrogen) atoms. The Morgan fingerprint density at radius 1 is 1.23 bits per heavy atom. The van der Waals surface area contributed by atoms with Crippen molar-refractivity contribution in [3.8, 4) is 11.5 Å². The first kappa shape index (κ1) is 21.5. The van der Waals surface area contributed by atoms with E-state index in [9.17, 15) is 25.1 Å². The topological polar surface area (TPSA) is 122 Å². The standard InChI is InChI=1S/C21H24N2O7/c1-29-19-8-17(21(26)22-10-15(12-24)7-16(25)11-22)18(23(27)28)9-20(19)30-13-14-5-3-2-4-6-14/h2-6,8-9,15-16,24-25H,7,10-13H2,1H3/t15-,16?/m1/s1. The van der Waals surface area contributed by atoms with E-state index in [1.165, 1.54) is 24.1 Å². The van der Waals surface area contributed by atoms with Gasteiger partial charge in [0.15, 0.2) is 11.5 Å². The Hall–Kier alpha value is -3.17. The number of nitro benzene ring substituents is 1. The number of aliphatic hydroxyl groups excluding tert-OH is 2. The van der Waals surface area contributed by atoms with Crippen LogP contribution >= 0.6 is 0 Å². The molecule has 0 saturated carbocycles. The zero-order valence-corrected chi connectivity index (χ0v) is 16.6. The Kier molecular flexibility index (Phi) is 6.86. The molecule has 1 aliphatic rings. The largest absolute Gasteiger partial charge is 0.493 e. The molecular weight excluding hydrogens is 392 g/mol. The van der Waals surface area contributed by atoms with Gasteiger partial charge in [0.25, 0.3) is 11.6 Å². The monoisotopic (exact) mass is 416 g/mol. The van der Waals surface area contributed by atoms with Crippen LogP contribution in [-0.2, 0) is 6.61 Å². The molecule has 2 aromatic carbocycles. The zero-order valence-electron chi connectivity index (χ0n) is 16.6. The van der Waals surface area contributed by atoms with Crippen molar-refractivity contribution in [3.63, 3.8) is 0 Å². The summed E-state index contributed by atoms with van der Waals surface area (Å²) in [6.07, 6.45) is -0.424. The number of piperidine rings is 1. The lowest BCUT2D eigenvalue weighted by Crippen LogP contribution is -2.47. The number of hydrogen-bond acceptors (Lipinski definition) is 7. The van der Waals surface area contributed by atoms with Gasteiger partial charge < -0.3 is 24.6 Å². The third kappa shape index (κ3) is 4.87. The number of aliphatic hydroxyl groups is 2. The molecule has 0 bridgehead atoms. The molecule has 2 atom stereocenters. The molecule has 9 heteroatoms. The van der Waals surface area contributed by atoms with Gasteiger partial charge >= 0.3 is 0 Å². The summed E-state index contributed by atoms with van der Waals surface area (Å²) in [5.41, 5.74) is 0.305. The molecule has 1 amide bonds. The molecule has 1 unspecified atom stereocenters. The summed E-state index contributed by atoms with van der Waals surface area (Å²) in [4.78, 5) is 25.4. The first-order valence-corrected chi connectivity index (χ1v) is 9.54. The highest BCUT2D eigenvalue weighted by Gasteiger charge is 2.33. The van der Waals surface area contributed by atoms with Gasteiger partial charge in [0.2, 0.25) is 0 Å². The maximum absolute atomic E-state index is 13.0. The molecule has 160 valence electrons. The van der Waals surface area contributed by atoms with Gasteiger partial charge in [-0.25, -0.2) is 0 Å². The van der Waals surface area contributed by atoms with E-state index in [0.717, 1.165) is 5.56 Å². The van der Waals surface area contributed by atoms with E-state index in [1.807, 2.05) is 30.3 Å². The van der Waals surface area contributed by atoms with E-state index in [4.69, 9.17) is 9.47 Å². The van der Waals surface area contributed by atoms with Crippen LogP contribution in [0, 0.1) is 16.0 Å². The molecule has 0 radical (unpaired) electrons. The van der Waals surface area contributed by atoms with Gasteiger partial charge in [0.05, 0.1) is 24.2 Å². The maximum Gasteiger partial charge on any atom is 0.286 e. The van der Waals surface area contributed by atoms with Crippen molar-refractivity contribution < 1.29 is 29.4 Å². The van der Waals surface area contributed by atoms with Crippen LogP contribution in [0.1, 0.15) is 22.3 Å². The van der Waals surface area contributed by atoms with Crippen LogP contribution < -0.4 is 9.47 Å². The number of β-amino-alcohol motifs (C(OH)–C–C–N with tert-alkyl or cyclic N) is 1. The fourth-order valence-corrected chi connectivity index (χ4v) is 3.52. The number of hydrogen-bond donors (Lipinski definition) is 2. The number of amides is 1. The van der Waals surface area contributed by atoms with Gasteiger partial charge in [-0.2, -0.15) is 0 Å². The second-order valence-corrected chi connectivity index (χ2v) is 7.20. The quantitative estimate of drug-likeness (QED) is 0.523. The van der Waals surface area contributed by atoms with Crippen molar-refractivity contribution in [2.45, 2.75) is 19.1 Å². The van der Waals surface area contributed by atoms with Crippen LogP contribution in [0.4, 0.5) is 5.69 Å². The number of nitrogens with zero attached hydrogens (tertiary/aromatic N) is 2. The predicted molar refractivity (Wildman–Crippen MR) is 108 cm³/mol. The van der Waals surface area contributed by atoms with E-state index in [0.29, 0.717) is 6.42 Å². The minimum absolute atomic E-state index is 0.0427. The highest BCUT2D eigenvalue weighted by atomic mass is 16.6. The van der Waals surface area contributed by atoms with Crippen LogP contribution in [0.5, 0.6) is 11.5 Å². The summed E-state index contributed by atoms with van der Waals surface area (Å²) in [6, 6.07) is 11.8. The number of likely N-dealkylation sites (tertiary alicyclic amines) is 1. The van der Waals surface area contributed by atoms with E-state index in [2.05, 4.69) is 0 Å². The summed E-state index contributed by atoms with van der Waals surface area (Å²) >= 11 is 0. The summed E-state index contributed by atoms with van der Waals surface area (Å²) in [5, 5.41) is 31.1. The fourth-order valence-electron chi connectivity index (χ4n) is 3.52. The molecule has 0 aromatic heterocycles. The Morgan fingerprint density at radius 2 is 1.97 bits per heavy atom. The van der Waals surface area contributed by atoms with Gasteiger partial charge in [0.1, 0.15) is 12.2 Å². The van der Waals surface area contributed by atoms with Crippen LogP contribution in [0.15, 0.2) is 42.5 Å². The molecule has 1 aliphatic heterocycles. The Morgan fingerprint density at radius 3 is 2.60 bits per heavy atom. The Balaban J connectivity index is 1.90. The summed E-state index contributed by atoms with van der Waals surface area (Å²) in [6.45, 7) is 0.246. The number of benzene rings is 2. The second kappa shape index (κ2) is 9.55. The number of carbonyl (C=O) groups excluding carboxylic acids is 1. The summed E-state index contributed by atoms with van der Waals surface area (Å²) in [5.74, 6) is -0.549. The summed E-state index contributed by atoms with van der Waals surface area (Å²) in [7, 11) is 1.39. The van der Waals surface area contributed by atoms with Crippen LogP contribution in [-0.4, -0.2) is 58.9 Å². The Bertz CT molecular complexity index is 904. The van der Waals surface area contributed by atoms with Crippen molar-refractivity contribution in [2.24, 2.45) is 5.92 Å². The van der Waals surface area contributed by atoms with E-state index in [-0.39, 0.29) is 49.3 Å². The highest BCUT2D eigenvalue weighted by Crippen LogP contribution is 2.36. The van der Waals surface area contributed by atoms with Gasteiger partial charge in [-0.15, -0.1) is 0 Å². The molecule has 0 spiro atoms. The van der Waals surface area contributed by atoms with Crippen LogP contribution in [0.2, 0.25) is 0 Å². The molecule has 2 N–H and O–H groups in total. The molecule has 3 rings (SSSR count). The van der Waals surface area contributed by atoms with Gasteiger partial charge in [-0.05, 0) is 12.0 Å². The van der Waals surface area contributed by atoms with E-state index in [1.54, 1.807) is 0 Å². The first-order chi connectivity index (χ1) is 14.4.